The topological polar surface area (TPSA) is 15.7 Å². The van der Waals surface area contributed by atoms with E-state index in [-0.39, 0.29) is 0 Å². The summed E-state index contributed by atoms with van der Waals surface area (Å²) < 4.78 is 32.5. The fourth-order valence-corrected chi connectivity index (χ4v) is 4.05. The van der Waals surface area contributed by atoms with Crippen molar-refractivity contribution in [2.45, 2.75) is 25.8 Å². The van der Waals surface area contributed by atoms with Crippen LogP contribution in [0.25, 0.3) is 0 Å². The van der Waals surface area contributed by atoms with Gasteiger partial charge < -0.3 is 14.5 Å². The van der Waals surface area contributed by atoms with Crippen LogP contribution in [0.3, 0.4) is 0 Å². The Labute approximate surface area is 166 Å². The lowest BCUT2D eigenvalue weighted by atomic mass is 9.97. The van der Waals surface area contributed by atoms with Gasteiger partial charge >= 0.3 is 0 Å². The van der Waals surface area contributed by atoms with E-state index >= 15 is 0 Å². The van der Waals surface area contributed by atoms with Crippen LogP contribution >= 0.6 is 0 Å². The quantitative estimate of drug-likeness (QED) is 0.668. The van der Waals surface area contributed by atoms with Gasteiger partial charge in [-0.2, -0.15) is 0 Å². The lowest BCUT2D eigenvalue weighted by Gasteiger charge is -2.34. The molecule has 2 aromatic rings. The van der Waals surface area contributed by atoms with Gasteiger partial charge in [0, 0.05) is 31.7 Å². The maximum absolute atomic E-state index is 13.9. The molecule has 0 aliphatic carbocycles. The summed E-state index contributed by atoms with van der Waals surface area (Å²) in [6, 6.07) is 12.7. The van der Waals surface area contributed by atoms with Crippen molar-refractivity contribution in [3.8, 4) is 5.75 Å². The molecule has 3 nitrogen and oxygen atoms in total. The van der Waals surface area contributed by atoms with Gasteiger partial charge in [-0.3, -0.25) is 0 Å². The molecule has 1 aliphatic rings. The highest BCUT2D eigenvalue weighted by Crippen LogP contribution is 2.20. The van der Waals surface area contributed by atoms with Gasteiger partial charge in [-0.05, 0) is 62.5 Å². The molecule has 0 aromatic heterocycles. The summed E-state index contributed by atoms with van der Waals surface area (Å²) in [5, 5.41) is 0. The van der Waals surface area contributed by atoms with Gasteiger partial charge in [-0.15, -0.1) is 0 Å². The first-order chi connectivity index (χ1) is 13.5. The number of nitrogens with zero attached hydrogens (tertiary/aromatic N) is 2. The largest absolute Gasteiger partial charge is 0.497 e. The van der Waals surface area contributed by atoms with Crippen molar-refractivity contribution in [1.29, 1.82) is 0 Å². The zero-order chi connectivity index (χ0) is 19.9. The van der Waals surface area contributed by atoms with Gasteiger partial charge in [-0.25, -0.2) is 8.78 Å². The number of rotatable bonds is 8. The van der Waals surface area contributed by atoms with Crippen LogP contribution in [0.5, 0.6) is 5.75 Å². The number of benzene rings is 2. The van der Waals surface area contributed by atoms with Crippen molar-refractivity contribution in [1.82, 2.24) is 9.80 Å². The maximum Gasteiger partial charge on any atom is 0.163 e. The third-order valence-electron chi connectivity index (χ3n) is 5.52. The van der Waals surface area contributed by atoms with Crippen molar-refractivity contribution >= 4 is 0 Å². The molecule has 1 atom stereocenters. The van der Waals surface area contributed by atoms with E-state index in [1.165, 1.54) is 24.5 Å². The summed E-state index contributed by atoms with van der Waals surface area (Å²) >= 11 is 0. The van der Waals surface area contributed by atoms with Crippen LogP contribution in [0.2, 0.25) is 0 Å². The lowest BCUT2D eigenvalue weighted by Crippen LogP contribution is -2.40. The number of piperidine rings is 1. The second kappa shape index (κ2) is 9.99. The van der Waals surface area contributed by atoms with Crippen molar-refractivity contribution in [3.05, 3.63) is 65.2 Å². The first kappa shape index (κ1) is 20.7. The Balaban J connectivity index is 1.46. The highest BCUT2D eigenvalue weighted by molar-refractivity contribution is 5.27. The van der Waals surface area contributed by atoms with E-state index < -0.39 is 11.6 Å². The SMILES string of the molecule is COc1ccc(CCN2CCCC(CN(C)Cc3cccc(F)c3F)C2)cc1. The molecule has 1 unspecified atom stereocenters. The van der Waals surface area contributed by atoms with Crippen molar-refractivity contribution < 1.29 is 13.5 Å². The zero-order valence-electron chi connectivity index (χ0n) is 16.8. The van der Waals surface area contributed by atoms with E-state index in [1.807, 2.05) is 19.2 Å². The lowest BCUT2D eigenvalue weighted by molar-refractivity contribution is 0.142. The predicted molar refractivity (Wildman–Crippen MR) is 109 cm³/mol. The fourth-order valence-electron chi connectivity index (χ4n) is 4.05. The molecule has 0 saturated carbocycles. The molecule has 3 rings (SSSR count). The van der Waals surface area contributed by atoms with E-state index in [9.17, 15) is 8.78 Å². The number of methoxy groups -OCH3 is 1. The van der Waals surface area contributed by atoms with E-state index in [4.69, 9.17) is 4.74 Å². The molecular weight excluding hydrogens is 358 g/mol. The normalized spacial score (nSPS) is 17.8. The van der Waals surface area contributed by atoms with Crippen molar-refractivity contribution in [2.24, 2.45) is 5.92 Å². The molecule has 2 aromatic carbocycles. The Morgan fingerprint density at radius 1 is 1.14 bits per heavy atom. The molecule has 0 N–H and O–H groups in total. The summed E-state index contributed by atoms with van der Waals surface area (Å²) in [5.41, 5.74) is 1.75. The van der Waals surface area contributed by atoms with E-state index in [0.717, 1.165) is 38.3 Å². The van der Waals surface area contributed by atoms with Crippen LogP contribution in [-0.4, -0.2) is 50.1 Å². The van der Waals surface area contributed by atoms with Crippen molar-refractivity contribution in [3.63, 3.8) is 0 Å². The van der Waals surface area contributed by atoms with Gasteiger partial charge in [-0.1, -0.05) is 24.3 Å². The average molecular weight is 389 g/mol. The smallest absolute Gasteiger partial charge is 0.163 e. The first-order valence-electron chi connectivity index (χ1n) is 10.0. The third-order valence-corrected chi connectivity index (χ3v) is 5.52. The van der Waals surface area contributed by atoms with E-state index in [0.29, 0.717) is 18.0 Å². The Morgan fingerprint density at radius 3 is 2.68 bits per heavy atom. The minimum atomic E-state index is -0.770. The van der Waals surface area contributed by atoms with Crippen LogP contribution in [0.15, 0.2) is 42.5 Å². The molecular formula is C23H30F2N2O. The van der Waals surface area contributed by atoms with Crippen LogP contribution in [0.4, 0.5) is 8.78 Å². The summed E-state index contributed by atoms with van der Waals surface area (Å²) in [6.45, 7) is 4.58. The Bertz CT molecular complexity index is 751. The monoisotopic (exact) mass is 388 g/mol. The fraction of sp³-hybridized carbons (Fsp3) is 0.478. The minimum absolute atomic E-state index is 0.426. The molecule has 1 heterocycles. The summed E-state index contributed by atoms with van der Waals surface area (Å²) in [4.78, 5) is 4.63. The Hall–Kier alpha value is -1.98. The molecule has 152 valence electrons. The number of halogens is 2. The highest BCUT2D eigenvalue weighted by Gasteiger charge is 2.21. The van der Waals surface area contributed by atoms with E-state index in [1.54, 1.807) is 19.2 Å². The summed E-state index contributed by atoms with van der Waals surface area (Å²) in [5.74, 6) is -0.0434. The van der Waals surface area contributed by atoms with Crippen molar-refractivity contribution in [2.75, 3.05) is 40.3 Å². The average Bonchev–Trinajstić information content (AvgIpc) is 2.70. The molecule has 5 heteroatoms. The molecule has 0 bridgehead atoms. The van der Waals surface area contributed by atoms with Crippen LogP contribution in [-0.2, 0) is 13.0 Å². The zero-order valence-corrected chi connectivity index (χ0v) is 16.8. The van der Waals surface area contributed by atoms with E-state index in [2.05, 4.69) is 21.9 Å². The predicted octanol–water partition coefficient (Wildman–Crippen LogP) is 4.36. The van der Waals surface area contributed by atoms with Gasteiger partial charge in [0.15, 0.2) is 11.6 Å². The van der Waals surface area contributed by atoms with Gasteiger partial charge in [0.2, 0.25) is 0 Å². The molecule has 1 saturated heterocycles. The molecule has 1 aliphatic heterocycles. The molecule has 0 spiro atoms. The molecule has 0 amide bonds. The second-order valence-corrected chi connectivity index (χ2v) is 7.82. The van der Waals surface area contributed by atoms with Gasteiger partial charge in [0.1, 0.15) is 5.75 Å². The number of hydrogen-bond acceptors (Lipinski definition) is 3. The molecule has 0 radical (unpaired) electrons. The van der Waals surface area contributed by atoms with Crippen LogP contribution < -0.4 is 4.74 Å². The van der Waals surface area contributed by atoms with Crippen LogP contribution in [0, 0.1) is 17.6 Å². The first-order valence-corrected chi connectivity index (χ1v) is 10.0. The standard InChI is InChI=1S/C23H30F2N2O/c1-26(17-20-6-3-7-22(24)23(20)25)15-19-5-4-13-27(16-19)14-12-18-8-10-21(28-2)11-9-18/h3,6-11,19H,4-5,12-17H2,1-2H3. The number of hydrogen-bond donors (Lipinski definition) is 0. The third kappa shape index (κ3) is 5.76. The molecule has 1 fully saturated rings. The minimum Gasteiger partial charge on any atom is -0.497 e. The number of ether oxygens (including phenoxy) is 1. The highest BCUT2D eigenvalue weighted by atomic mass is 19.2. The Kier molecular flexibility index (Phi) is 7.40. The summed E-state index contributed by atoms with van der Waals surface area (Å²) in [7, 11) is 3.67. The second-order valence-electron chi connectivity index (χ2n) is 7.82. The summed E-state index contributed by atoms with van der Waals surface area (Å²) in [6.07, 6.45) is 3.41. The number of likely N-dealkylation sites (tertiary alicyclic amines) is 1. The maximum atomic E-state index is 13.9. The molecule has 28 heavy (non-hydrogen) atoms. The van der Waals surface area contributed by atoms with Crippen LogP contribution in [0.1, 0.15) is 24.0 Å². The Morgan fingerprint density at radius 2 is 1.93 bits per heavy atom. The van der Waals surface area contributed by atoms with Gasteiger partial charge in [0.05, 0.1) is 7.11 Å². The van der Waals surface area contributed by atoms with Gasteiger partial charge in [0.25, 0.3) is 0 Å².